The Kier molecular flexibility index (Phi) is 5.89. The zero-order valence-corrected chi connectivity index (χ0v) is 11.3. The van der Waals surface area contributed by atoms with Crippen molar-refractivity contribution in [2.24, 2.45) is 0 Å². The van der Waals surface area contributed by atoms with E-state index >= 15 is 0 Å². The van der Waals surface area contributed by atoms with Gasteiger partial charge in [-0.2, -0.15) is 0 Å². The van der Waals surface area contributed by atoms with Crippen LogP contribution in [-0.4, -0.2) is 49.7 Å². The van der Waals surface area contributed by atoms with Gasteiger partial charge in [-0.25, -0.2) is 0 Å². The second kappa shape index (κ2) is 7.43. The average molecular weight is 257 g/mol. The third-order valence-corrected chi connectivity index (χ3v) is 4.17. The number of hydrogen-bond acceptors (Lipinski definition) is 4. The van der Waals surface area contributed by atoms with Crippen molar-refractivity contribution in [3.63, 3.8) is 0 Å². The third-order valence-electron chi connectivity index (χ3n) is 4.17. The molecule has 1 aliphatic carbocycles. The molecule has 0 aromatic rings. The smallest absolute Gasteiger partial charge is 0.0698 e. The topological polar surface area (TPSA) is 50.7 Å². The van der Waals surface area contributed by atoms with Gasteiger partial charge < -0.3 is 19.9 Å². The number of aliphatic hydroxyl groups excluding tert-OH is 1. The van der Waals surface area contributed by atoms with E-state index in [4.69, 9.17) is 14.6 Å². The van der Waals surface area contributed by atoms with Crippen LogP contribution in [-0.2, 0) is 9.47 Å². The van der Waals surface area contributed by atoms with Crippen LogP contribution in [0.15, 0.2) is 0 Å². The van der Waals surface area contributed by atoms with E-state index in [9.17, 15) is 0 Å². The maximum Gasteiger partial charge on any atom is 0.0698 e. The Hall–Kier alpha value is -0.160. The van der Waals surface area contributed by atoms with Gasteiger partial charge in [0.05, 0.1) is 25.4 Å². The first kappa shape index (κ1) is 14.3. The summed E-state index contributed by atoms with van der Waals surface area (Å²) in [5.41, 5.74) is 0.181. The first-order chi connectivity index (χ1) is 8.85. The molecule has 0 bridgehead atoms. The predicted octanol–water partition coefficient (Wildman–Crippen LogP) is 1.47. The summed E-state index contributed by atoms with van der Waals surface area (Å²) in [7, 11) is 0. The standard InChI is InChI=1S/C14H27NO3/c16-8-11-17-10-7-15-13-4-9-18-14(12-13)5-2-1-3-6-14/h13,15-16H,1-12H2. The lowest BCUT2D eigenvalue weighted by Crippen LogP contribution is -2.48. The van der Waals surface area contributed by atoms with Gasteiger partial charge in [0, 0.05) is 19.2 Å². The lowest BCUT2D eigenvalue weighted by molar-refractivity contribution is -0.109. The van der Waals surface area contributed by atoms with E-state index in [0.29, 0.717) is 19.3 Å². The molecule has 0 amide bonds. The Labute approximate surface area is 110 Å². The highest BCUT2D eigenvalue weighted by atomic mass is 16.5. The molecule has 1 unspecified atom stereocenters. The molecule has 2 rings (SSSR count). The first-order valence-corrected chi connectivity index (χ1v) is 7.41. The van der Waals surface area contributed by atoms with Crippen molar-refractivity contribution < 1.29 is 14.6 Å². The van der Waals surface area contributed by atoms with Crippen molar-refractivity contribution in [2.45, 2.75) is 56.6 Å². The number of ether oxygens (including phenoxy) is 2. The number of rotatable bonds is 6. The Morgan fingerprint density at radius 3 is 2.83 bits per heavy atom. The largest absolute Gasteiger partial charge is 0.394 e. The second-order valence-electron chi connectivity index (χ2n) is 5.57. The summed E-state index contributed by atoms with van der Waals surface area (Å²) >= 11 is 0. The average Bonchev–Trinajstić information content (AvgIpc) is 2.40. The highest BCUT2D eigenvalue weighted by molar-refractivity contribution is 4.91. The fourth-order valence-corrected chi connectivity index (χ4v) is 3.25. The maximum absolute atomic E-state index is 8.62. The van der Waals surface area contributed by atoms with Gasteiger partial charge in [-0.1, -0.05) is 19.3 Å². The van der Waals surface area contributed by atoms with Crippen molar-refractivity contribution in [1.82, 2.24) is 5.32 Å². The quantitative estimate of drug-likeness (QED) is 0.708. The summed E-state index contributed by atoms with van der Waals surface area (Å²) in [6, 6.07) is 0.578. The monoisotopic (exact) mass is 257 g/mol. The molecule has 1 saturated carbocycles. The maximum atomic E-state index is 8.62. The predicted molar refractivity (Wildman–Crippen MR) is 70.7 cm³/mol. The Balaban J connectivity index is 1.66. The normalized spacial score (nSPS) is 27.5. The summed E-state index contributed by atoms with van der Waals surface area (Å²) < 4.78 is 11.3. The van der Waals surface area contributed by atoms with Gasteiger partial charge >= 0.3 is 0 Å². The van der Waals surface area contributed by atoms with Gasteiger partial charge in [-0.3, -0.25) is 0 Å². The lowest BCUT2D eigenvalue weighted by Gasteiger charge is -2.43. The van der Waals surface area contributed by atoms with Crippen LogP contribution in [0.25, 0.3) is 0 Å². The molecule has 1 atom stereocenters. The molecular weight excluding hydrogens is 230 g/mol. The molecule has 2 fully saturated rings. The van der Waals surface area contributed by atoms with E-state index < -0.39 is 0 Å². The van der Waals surface area contributed by atoms with Crippen LogP contribution >= 0.6 is 0 Å². The summed E-state index contributed by atoms with van der Waals surface area (Å²) in [5.74, 6) is 0. The highest BCUT2D eigenvalue weighted by Crippen LogP contribution is 2.38. The summed E-state index contributed by atoms with van der Waals surface area (Å²) in [5, 5.41) is 12.2. The zero-order valence-electron chi connectivity index (χ0n) is 11.3. The van der Waals surface area contributed by atoms with Gasteiger partial charge in [0.1, 0.15) is 0 Å². The minimum Gasteiger partial charge on any atom is -0.394 e. The summed E-state index contributed by atoms with van der Waals surface area (Å²) in [6.45, 7) is 3.01. The molecule has 106 valence electrons. The second-order valence-corrected chi connectivity index (χ2v) is 5.57. The van der Waals surface area contributed by atoms with Gasteiger partial charge in [0.15, 0.2) is 0 Å². The molecule has 18 heavy (non-hydrogen) atoms. The molecule has 1 aliphatic heterocycles. The fourth-order valence-electron chi connectivity index (χ4n) is 3.25. The van der Waals surface area contributed by atoms with Crippen LogP contribution in [0.3, 0.4) is 0 Å². The van der Waals surface area contributed by atoms with Gasteiger partial charge in [0.2, 0.25) is 0 Å². The first-order valence-electron chi connectivity index (χ1n) is 7.41. The molecule has 1 heterocycles. The minimum atomic E-state index is 0.111. The van der Waals surface area contributed by atoms with Crippen LogP contribution in [0.4, 0.5) is 0 Å². The minimum absolute atomic E-state index is 0.111. The van der Waals surface area contributed by atoms with Gasteiger partial charge in [-0.15, -0.1) is 0 Å². The molecule has 0 radical (unpaired) electrons. The van der Waals surface area contributed by atoms with Crippen LogP contribution in [0.1, 0.15) is 44.9 Å². The van der Waals surface area contributed by atoms with Crippen LogP contribution in [0, 0.1) is 0 Å². The van der Waals surface area contributed by atoms with Crippen molar-refractivity contribution in [3.05, 3.63) is 0 Å². The SMILES string of the molecule is OCCOCCNC1CCOC2(CCCCC2)C1. The number of nitrogens with one attached hydrogen (secondary N) is 1. The van der Waals surface area contributed by atoms with Crippen LogP contribution in [0.2, 0.25) is 0 Å². The molecule has 2 N–H and O–H groups in total. The van der Waals surface area contributed by atoms with Crippen molar-refractivity contribution >= 4 is 0 Å². The Morgan fingerprint density at radius 1 is 1.22 bits per heavy atom. The number of aliphatic hydroxyl groups is 1. The van der Waals surface area contributed by atoms with E-state index in [1.807, 2.05) is 0 Å². The molecule has 2 aliphatic rings. The molecule has 0 aromatic heterocycles. The van der Waals surface area contributed by atoms with E-state index in [2.05, 4.69) is 5.32 Å². The van der Waals surface area contributed by atoms with Crippen LogP contribution < -0.4 is 5.32 Å². The zero-order chi connectivity index (χ0) is 12.7. The molecule has 4 heteroatoms. The van der Waals surface area contributed by atoms with Gasteiger partial charge in [-0.05, 0) is 25.7 Å². The lowest BCUT2D eigenvalue weighted by atomic mass is 9.78. The van der Waals surface area contributed by atoms with Gasteiger partial charge in [0.25, 0.3) is 0 Å². The van der Waals surface area contributed by atoms with Crippen molar-refractivity contribution in [1.29, 1.82) is 0 Å². The Bertz CT molecular complexity index is 224. The van der Waals surface area contributed by atoms with Crippen LogP contribution in [0.5, 0.6) is 0 Å². The van der Waals surface area contributed by atoms with E-state index in [0.717, 1.165) is 26.0 Å². The van der Waals surface area contributed by atoms with E-state index in [1.54, 1.807) is 0 Å². The van der Waals surface area contributed by atoms with E-state index in [1.165, 1.54) is 32.1 Å². The molecule has 0 aromatic carbocycles. The van der Waals surface area contributed by atoms with Crippen molar-refractivity contribution in [2.75, 3.05) is 33.0 Å². The van der Waals surface area contributed by atoms with Crippen molar-refractivity contribution in [3.8, 4) is 0 Å². The molecular formula is C14H27NO3. The molecule has 1 saturated heterocycles. The summed E-state index contributed by atoms with van der Waals surface area (Å²) in [4.78, 5) is 0. The summed E-state index contributed by atoms with van der Waals surface area (Å²) in [6.07, 6.45) is 8.78. The van der Waals surface area contributed by atoms with E-state index in [-0.39, 0.29) is 12.2 Å². The fraction of sp³-hybridized carbons (Fsp3) is 1.00. The molecule has 4 nitrogen and oxygen atoms in total. The third kappa shape index (κ3) is 4.19. The molecule has 1 spiro atoms. The Morgan fingerprint density at radius 2 is 2.06 bits per heavy atom. The highest BCUT2D eigenvalue weighted by Gasteiger charge is 2.38. The number of hydrogen-bond donors (Lipinski definition) is 2.